The van der Waals surface area contributed by atoms with Crippen LogP contribution in [0, 0.1) is 0 Å². The Morgan fingerprint density at radius 1 is 1.20 bits per heavy atom. The first-order valence-corrected chi connectivity index (χ1v) is 9.19. The fourth-order valence-electron chi connectivity index (χ4n) is 3.91. The van der Waals surface area contributed by atoms with Crippen LogP contribution in [0.15, 0.2) is 18.3 Å². The van der Waals surface area contributed by atoms with E-state index in [1.807, 2.05) is 24.2 Å². The van der Waals surface area contributed by atoms with Crippen LogP contribution in [-0.2, 0) is 11.8 Å². The second-order valence-corrected chi connectivity index (χ2v) is 7.07. The maximum atomic E-state index is 12.8. The highest BCUT2D eigenvalue weighted by molar-refractivity contribution is 5.77. The maximum Gasteiger partial charge on any atom is 0.318 e. The number of piperidine rings is 1. The molecule has 1 atom stereocenters. The summed E-state index contributed by atoms with van der Waals surface area (Å²) in [4.78, 5) is 28.3. The molecule has 2 aliphatic heterocycles. The van der Waals surface area contributed by atoms with Gasteiger partial charge in [-0.25, -0.2) is 4.79 Å². The lowest BCUT2D eigenvalue weighted by Crippen LogP contribution is -2.50. The highest BCUT2D eigenvalue weighted by atomic mass is 16.2. The average molecular weight is 347 g/mol. The van der Waals surface area contributed by atoms with E-state index in [9.17, 15) is 9.59 Å². The lowest BCUT2D eigenvalue weighted by molar-refractivity contribution is -0.122. The van der Waals surface area contributed by atoms with E-state index < -0.39 is 0 Å². The SMILES string of the molecule is CNC(=O)CN1CCC(NC(=O)N2CCC[C@H]2c2cccn2C)CC1. The van der Waals surface area contributed by atoms with Crippen molar-refractivity contribution in [3.05, 3.63) is 24.0 Å². The fourth-order valence-corrected chi connectivity index (χ4v) is 3.91. The van der Waals surface area contributed by atoms with Gasteiger partial charge in [-0.15, -0.1) is 0 Å². The molecule has 0 bridgehead atoms. The summed E-state index contributed by atoms with van der Waals surface area (Å²) in [6.45, 7) is 2.95. The molecule has 0 aromatic carbocycles. The Labute approximate surface area is 149 Å². The minimum Gasteiger partial charge on any atom is -0.358 e. The Hall–Kier alpha value is -2.02. The zero-order valence-corrected chi connectivity index (χ0v) is 15.2. The number of hydrogen-bond acceptors (Lipinski definition) is 3. The second kappa shape index (κ2) is 7.91. The molecule has 0 spiro atoms. The topological polar surface area (TPSA) is 69.6 Å². The molecule has 1 aromatic heterocycles. The van der Waals surface area contributed by atoms with Crippen molar-refractivity contribution in [2.24, 2.45) is 7.05 Å². The van der Waals surface area contributed by atoms with E-state index in [-0.39, 0.29) is 24.0 Å². The van der Waals surface area contributed by atoms with Gasteiger partial charge in [-0.2, -0.15) is 0 Å². The van der Waals surface area contributed by atoms with E-state index >= 15 is 0 Å². The summed E-state index contributed by atoms with van der Waals surface area (Å²) >= 11 is 0. The molecular formula is C18H29N5O2. The summed E-state index contributed by atoms with van der Waals surface area (Å²) in [5, 5.41) is 5.87. The maximum absolute atomic E-state index is 12.8. The summed E-state index contributed by atoms with van der Waals surface area (Å²) in [6.07, 6.45) is 5.90. The van der Waals surface area contributed by atoms with Crippen molar-refractivity contribution in [3.63, 3.8) is 0 Å². The van der Waals surface area contributed by atoms with Gasteiger partial charge in [-0.1, -0.05) is 0 Å². The van der Waals surface area contributed by atoms with Crippen LogP contribution < -0.4 is 10.6 Å². The first kappa shape index (κ1) is 17.8. The van der Waals surface area contributed by atoms with E-state index in [2.05, 4.69) is 26.2 Å². The standard InChI is InChI=1S/C18H29N5O2/c1-19-17(24)13-22-11-7-14(8-12-22)20-18(25)23-10-4-6-16(23)15-5-3-9-21(15)2/h3,5,9,14,16H,4,6-8,10-13H2,1-2H3,(H,19,24)(H,20,25)/t16-/m0/s1. The molecule has 2 saturated heterocycles. The van der Waals surface area contributed by atoms with Gasteiger partial charge in [0, 0.05) is 51.7 Å². The number of amides is 3. The van der Waals surface area contributed by atoms with Crippen LogP contribution in [0.2, 0.25) is 0 Å². The van der Waals surface area contributed by atoms with Crippen LogP contribution in [0.25, 0.3) is 0 Å². The Morgan fingerprint density at radius 3 is 2.60 bits per heavy atom. The highest BCUT2D eigenvalue weighted by Gasteiger charge is 2.32. The molecule has 7 heteroatoms. The monoisotopic (exact) mass is 347 g/mol. The number of hydrogen-bond donors (Lipinski definition) is 2. The number of carbonyl (C=O) groups is 2. The molecule has 3 rings (SSSR count). The largest absolute Gasteiger partial charge is 0.358 e. The Balaban J connectivity index is 1.51. The normalized spacial score (nSPS) is 22.2. The molecule has 3 amide bonds. The third-order valence-corrected chi connectivity index (χ3v) is 5.40. The molecule has 2 N–H and O–H groups in total. The van der Waals surface area contributed by atoms with Crippen molar-refractivity contribution in [2.75, 3.05) is 33.2 Å². The fraction of sp³-hybridized carbons (Fsp3) is 0.667. The Bertz CT molecular complexity index is 606. The van der Waals surface area contributed by atoms with E-state index in [4.69, 9.17) is 0 Å². The molecule has 0 aliphatic carbocycles. The van der Waals surface area contributed by atoms with Gasteiger partial charge < -0.3 is 20.1 Å². The van der Waals surface area contributed by atoms with Gasteiger partial charge in [0.1, 0.15) is 0 Å². The number of nitrogens with zero attached hydrogens (tertiary/aromatic N) is 3. The summed E-state index contributed by atoms with van der Waals surface area (Å²) in [7, 11) is 3.69. The zero-order valence-electron chi connectivity index (χ0n) is 15.2. The number of nitrogens with one attached hydrogen (secondary N) is 2. The van der Waals surface area contributed by atoms with Gasteiger partial charge in [0.25, 0.3) is 0 Å². The summed E-state index contributed by atoms with van der Waals surface area (Å²) < 4.78 is 2.10. The lowest BCUT2D eigenvalue weighted by atomic mass is 10.1. The van der Waals surface area contributed by atoms with Crippen molar-refractivity contribution in [2.45, 2.75) is 37.8 Å². The molecule has 2 aliphatic rings. The molecule has 7 nitrogen and oxygen atoms in total. The molecule has 138 valence electrons. The Morgan fingerprint density at radius 2 is 1.96 bits per heavy atom. The van der Waals surface area contributed by atoms with Gasteiger partial charge in [-0.05, 0) is 37.8 Å². The first-order chi connectivity index (χ1) is 12.1. The summed E-state index contributed by atoms with van der Waals surface area (Å²) in [6, 6.07) is 4.56. The second-order valence-electron chi connectivity index (χ2n) is 7.07. The van der Waals surface area contributed by atoms with Gasteiger partial charge in [0.15, 0.2) is 0 Å². The molecular weight excluding hydrogens is 318 g/mol. The van der Waals surface area contributed by atoms with Crippen LogP contribution >= 0.6 is 0 Å². The van der Waals surface area contributed by atoms with E-state index in [0.29, 0.717) is 6.54 Å². The summed E-state index contributed by atoms with van der Waals surface area (Å²) in [5.41, 5.74) is 1.20. The van der Waals surface area contributed by atoms with Gasteiger partial charge >= 0.3 is 6.03 Å². The van der Waals surface area contributed by atoms with E-state index in [0.717, 1.165) is 45.3 Å². The van der Waals surface area contributed by atoms with E-state index in [1.54, 1.807) is 7.05 Å². The van der Waals surface area contributed by atoms with Crippen LogP contribution in [-0.4, -0.2) is 65.6 Å². The number of aromatic nitrogens is 1. The van der Waals surface area contributed by atoms with Crippen molar-refractivity contribution in [1.29, 1.82) is 0 Å². The molecule has 2 fully saturated rings. The molecule has 1 aromatic rings. The van der Waals surface area contributed by atoms with Gasteiger partial charge in [0.05, 0.1) is 12.6 Å². The molecule has 3 heterocycles. The quantitative estimate of drug-likeness (QED) is 0.856. The minimum absolute atomic E-state index is 0.0463. The van der Waals surface area contributed by atoms with Crippen LogP contribution in [0.4, 0.5) is 4.79 Å². The van der Waals surface area contributed by atoms with Crippen LogP contribution in [0.1, 0.15) is 37.4 Å². The van der Waals surface area contributed by atoms with Crippen molar-refractivity contribution in [1.82, 2.24) is 25.0 Å². The number of rotatable bonds is 4. The van der Waals surface area contributed by atoms with Gasteiger partial charge in [-0.3, -0.25) is 9.69 Å². The smallest absolute Gasteiger partial charge is 0.318 e. The van der Waals surface area contributed by atoms with Crippen LogP contribution in [0.3, 0.4) is 0 Å². The Kier molecular flexibility index (Phi) is 5.63. The zero-order chi connectivity index (χ0) is 17.8. The molecule has 0 saturated carbocycles. The van der Waals surface area contributed by atoms with Crippen LogP contribution in [0.5, 0.6) is 0 Å². The lowest BCUT2D eigenvalue weighted by Gasteiger charge is -2.33. The third kappa shape index (κ3) is 4.15. The van der Waals surface area contributed by atoms with E-state index in [1.165, 1.54) is 5.69 Å². The van der Waals surface area contributed by atoms with Crippen molar-refractivity contribution in [3.8, 4) is 0 Å². The van der Waals surface area contributed by atoms with Gasteiger partial charge in [0.2, 0.25) is 5.91 Å². The average Bonchev–Trinajstić information content (AvgIpc) is 3.24. The number of likely N-dealkylation sites (tertiary alicyclic amines) is 2. The predicted octanol–water partition coefficient (Wildman–Crippen LogP) is 1.08. The minimum atomic E-state index is 0.0463. The number of aryl methyl sites for hydroxylation is 1. The molecule has 0 radical (unpaired) electrons. The predicted molar refractivity (Wildman–Crippen MR) is 96.2 cm³/mol. The molecule has 25 heavy (non-hydrogen) atoms. The highest BCUT2D eigenvalue weighted by Crippen LogP contribution is 2.32. The number of urea groups is 1. The third-order valence-electron chi connectivity index (χ3n) is 5.40. The number of carbonyl (C=O) groups excluding carboxylic acids is 2. The summed E-state index contributed by atoms with van der Waals surface area (Å²) in [5.74, 6) is 0.0463. The van der Waals surface area contributed by atoms with Crippen molar-refractivity contribution < 1.29 is 9.59 Å². The molecule has 0 unspecified atom stereocenters. The first-order valence-electron chi connectivity index (χ1n) is 9.19. The number of likely N-dealkylation sites (N-methyl/N-ethyl adjacent to an activating group) is 1. The van der Waals surface area contributed by atoms with Crippen molar-refractivity contribution >= 4 is 11.9 Å².